The van der Waals surface area contributed by atoms with E-state index in [-0.39, 0.29) is 5.56 Å². The summed E-state index contributed by atoms with van der Waals surface area (Å²) in [6, 6.07) is 0. The van der Waals surface area contributed by atoms with Gasteiger partial charge in [-0.15, -0.1) is 0 Å². The van der Waals surface area contributed by atoms with Crippen LogP contribution in [0.15, 0.2) is 9.95 Å². The number of aromatic nitrogens is 2. The van der Waals surface area contributed by atoms with Crippen LogP contribution in [0.2, 0.25) is 0 Å². The van der Waals surface area contributed by atoms with Crippen LogP contribution in [0, 0.1) is 0 Å². The van der Waals surface area contributed by atoms with E-state index in [2.05, 4.69) is 30.7 Å². The first-order chi connectivity index (χ1) is 10.1. The molecule has 0 spiro atoms. The van der Waals surface area contributed by atoms with Crippen LogP contribution in [0.5, 0.6) is 0 Å². The minimum Gasteiger partial charge on any atom is -0.382 e. The van der Waals surface area contributed by atoms with Gasteiger partial charge in [-0.3, -0.25) is 9.36 Å². The molecule has 0 aliphatic carbocycles. The third kappa shape index (κ3) is 4.40. The largest absolute Gasteiger partial charge is 0.382 e. The van der Waals surface area contributed by atoms with E-state index in [1.54, 1.807) is 16.3 Å². The van der Waals surface area contributed by atoms with Crippen LogP contribution in [0.25, 0.3) is 0 Å². The molecule has 1 aromatic rings. The summed E-state index contributed by atoms with van der Waals surface area (Å²) in [7, 11) is 0. The van der Waals surface area contributed by atoms with Crippen molar-refractivity contribution in [3.8, 4) is 0 Å². The Bertz CT molecular complexity index is 495. The smallest absolute Gasteiger partial charge is 0.279 e. The van der Waals surface area contributed by atoms with Gasteiger partial charge in [0.05, 0.1) is 0 Å². The Balaban J connectivity index is 3.29. The van der Waals surface area contributed by atoms with Gasteiger partial charge in [0.25, 0.3) is 5.56 Å². The molecule has 0 aliphatic rings. The molecule has 21 heavy (non-hydrogen) atoms. The van der Waals surface area contributed by atoms with Gasteiger partial charge in [-0.2, -0.15) is 0 Å². The zero-order chi connectivity index (χ0) is 15.8. The summed E-state index contributed by atoms with van der Waals surface area (Å²) in [5.74, 6) is 1.31. The van der Waals surface area contributed by atoms with E-state index >= 15 is 0 Å². The maximum absolute atomic E-state index is 12.8. The molecule has 2 N–H and O–H groups in total. The van der Waals surface area contributed by atoms with E-state index < -0.39 is 0 Å². The van der Waals surface area contributed by atoms with Crippen molar-refractivity contribution in [3.05, 3.63) is 10.4 Å². The summed E-state index contributed by atoms with van der Waals surface area (Å²) in [5.41, 5.74) is 6.66. The van der Waals surface area contributed by atoms with Gasteiger partial charge in [0, 0.05) is 25.4 Å². The fourth-order valence-electron chi connectivity index (χ4n) is 2.30. The van der Waals surface area contributed by atoms with Crippen molar-refractivity contribution in [1.82, 2.24) is 9.55 Å². The van der Waals surface area contributed by atoms with Gasteiger partial charge in [0.15, 0.2) is 11.0 Å². The maximum Gasteiger partial charge on any atom is 0.279 e. The zero-order valence-electron chi connectivity index (χ0n) is 13.7. The predicted octanol–water partition coefficient (Wildman–Crippen LogP) is 2.97. The number of thioether (sulfide) groups is 1. The first-order valence-corrected chi connectivity index (χ1v) is 8.87. The van der Waals surface area contributed by atoms with Crippen LogP contribution in [0.4, 0.5) is 11.5 Å². The average molecular weight is 312 g/mol. The molecule has 0 radical (unpaired) electrons. The maximum atomic E-state index is 12.8. The van der Waals surface area contributed by atoms with Crippen molar-refractivity contribution in [2.75, 3.05) is 29.5 Å². The molecule has 0 unspecified atom stereocenters. The van der Waals surface area contributed by atoms with E-state index in [4.69, 9.17) is 5.73 Å². The van der Waals surface area contributed by atoms with Crippen molar-refractivity contribution in [1.29, 1.82) is 0 Å². The molecule has 1 heterocycles. The highest BCUT2D eigenvalue weighted by atomic mass is 32.2. The van der Waals surface area contributed by atoms with Gasteiger partial charge in [-0.1, -0.05) is 32.5 Å². The van der Waals surface area contributed by atoms with E-state index in [0.29, 0.717) is 18.1 Å². The number of rotatable bonds is 9. The van der Waals surface area contributed by atoms with E-state index in [1.165, 1.54) is 0 Å². The van der Waals surface area contributed by atoms with Gasteiger partial charge in [0.1, 0.15) is 5.69 Å². The molecule has 1 rings (SSSR count). The molecule has 0 amide bonds. The highest BCUT2D eigenvalue weighted by Gasteiger charge is 2.19. The second-order valence-electron chi connectivity index (χ2n) is 5.01. The first-order valence-electron chi connectivity index (χ1n) is 7.88. The van der Waals surface area contributed by atoms with Crippen molar-refractivity contribution in [3.63, 3.8) is 0 Å². The summed E-state index contributed by atoms with van der Waals surface area (Å²) in [6.07, 6.45) is 3.01. The second kappa shape index (κ2) is 8.97. The Hall–Kier alpha value is -1.17. The highest BCUT2D eigenvalue weighted by Crippen LogP contribution is 2.23. The average Bonchev–Trinajstić information content (AvgIpc) is 2.45. The van der Waals surface area contributed by atoms with Crippen molar-refractivity contribution >= 4 is 23.3 Å². The van der Waals surface area contributed by atoms with Crippen LogP contribution in [0.1, 0.15) is 47.0 Å². The van der Waals surface area contributed by atoms with Crippen molar-refractivity contribution < 1.29 is 0 Å². The van der Waals surface area contributed by atoms with E-state index in [9.17, 15) is 4.79 Å². The molecule has 0 bridgehead atoms. The third-order valence-corrected chi connectivity index (χ3v) is 4.37. The Morgan fingerprint density at radius 3 is 2.24 bits per heavy atom. The number of nitrogens with two attached hydrogens (primary N) is 1. The Labute approximate surface area is 131 Å². The molecule has 120 valence electrons. The topological polar surface area (TPSA) is 64.2 Å². The van der Waals surface area contributed by atoms with Gasteiger partial charge in [-0.25, -0.2) is 4.98 Å². The summed E-state index contributed by atoms with van der Waals surface area (Å²) in [4.78, 5) is 19.3. The van der Waals surface area contributed by atoms with E-state index in [0.717, 1.165) is 43.3 Å². The molecule has 0 saturated carbocycles. The molecule has 0 saturated heterocycles. The lowest BCUT2D eigenvalue weighted by molar-refractivity contribution is 0.616. The number of hydrogen-bond donors (Lipinski definition) is 1. The highest BCUT2D eigenvalue weighted by molar-refractivity contribution is 7.99. The lowest BCUT2D eigenvalue weighted by atomic mass is 10.3. The normalized spacial score (nSPS) is 10.9. The minimum absolute atomic E-state index is 0.00879. The molecular weight excluding hydrogens is 284 g/mol. The molecule has 5 nitrogen and oxygen atoms in total. The van der Waals surface area contributed by atoms with Gasteiger partial charge in [-0.05, 0) is 26.2 Å². The summed E-state index contributed by atoms with van der Waals surface area (Å²) in [5, 5.41) is 0.735. The Kier molecular flexibility index (Phi) is 7.64. The number of nitrogen functional groups attached to an aromatic ring is 1. The lowest BCUT2D eigenvalue weighted by Crippen LogP contribution is -2.35. The quantitative estimate of drug-likeness (QED) is 0.561. The van der Waals surface area contributed by atoms with Crippen LogP contribution in [-0.4, -0.2) is 28.4 Å². The Morgan fingerprint density at radius 1 is 1.14 bits per heavy atom. The van der Waals surface area contributed by atoms with Crippen LogP contribution in [-0.2, 0) is 6.54 Å². The number of hydrogen-bond acceptors (Lipinski definition) is 5. The fraction of sp³-hybridized carbons (Fsp3) is 0.733. The molecular formula is C15H28N4OS. The SMILES string of the molecule is CCCSc1nc(N)c(N(CCC)CCC)c(=O)n1CC. The predicted molar refractivity (Wildman–Crippen MR) is 92.4 cm³/mol. The third-order valence-electron chi connectivity index (χ3n) is 3.19. The Morgan fingerprint density at radius 2 is 1.76 bits per heavy atom. The second-order valence-corrected chi connectivity index (χ2v) is 6.08. The molecule has 6 heteroatoms. The van der Waals surface area contributed by atoms with E-state index in [1.807, 2.05) is 6.92 Å². The molecule has 0 fully saturated rings. The fourth-order valence-corrected chi connectivity index (χ4v) is 3.21. The standard InChI is InChI=1S/C15H28N4OS/c1-5-9-18(10-6-2)12-13(16)17-15(21-11-7-3)19(8-4)14(12)20/h5-11,16H2,1-4H3. The van der Waals surface area contributed by atoms with Gasteiger partial charge < -0.3 is 10.6 Å². The van der Waals surface area contributed by atoms with Crippen LogP contribution in [0.3, 0.4) is 0 Å². The molecule has 0 atom stereocenters. The van der Waals surface area contributed by atoms with Crippen LogP contribution < -0.4 is 16.2 Å². The monoisotopic (exact) mass is 312 g/mol. The number of nitrogens with zero attached hydrogens (tertiary/aromatic N) is 3. The summed E-state index contributed by atoms with van der Waals surface area (Å²) < 4.78 is 1.74. The zero-order valence-corrected chi connectivity index (χ0v) is 14.5. The van der Waals surface area contributed by atoms with Gasteiger partial charge in [0.2, 0.25) is 0 Å². The minimum atomic E-state index is -0.00879. The summed E-state index contributed by atoms with van der Waals surface area (Å²) in [6.45, 7) is 10.6. The van der Waals surface area contributed by atoms with Gasteiger partial charge >= 0.3 is 0 Å². The van der Waals surface area contributed by atoms with Crippen molar-refractivity contribution in [2.24, 2.45) is 0 Å². The summed E-state index contributed by atoms with van der Waals surface area (Å²) >= 11 is 1.60. The van der Waals surface area contributed by atoms with Crippen molar-refractivity contribution in [2.45, 2.75) is 58.7 Å². The lowest BCUT2D eigenvalue weighted by Gasteiger charge is -2.25. The molecule has 1 aromatic heterocycles. The molecule has 0 aliphatic heterocycles. The number of anilines is 2. The molecule has 0 aromatic carbocycles. The van der Waals surface area contributed by atoms with Crippen LogP contribution >= 0.6 is 11.8 Å². The first kappa shape index (κ1) is 17.9.